The lowest BCUT2D eigenvalue weighted by molar-refractivity contribution is -0.265. The third kappa shape index (κ3) is 2.84. The van der Waals surface area contributed by atoms with Crippen LogP contribution in [0.4, 0.5) is 10.5 Å². The molecule has 2 bridgehead atoms. The topological polar surface area (TPSA) is 137 Å². The van der Waals surface area contributed by atoms with Crippen LogP contribution in [0.1, 0.15) is 35.7 Å². The normalized spacial score (nSPS) is 28.0. The number of nitrogens with zero attached hydrogens (tertiary/aromatic N) is 2. The van der Waals surface area contributed by atoms with E-state index < -0.39 is 29.8 Å². The lowest BCUT2D eigenvalue weighted by Gasteiger charge is -2.49. The van der Waals surface area contributed by atoms with Crippen molar-refractivity contribution < 1.29 is 38.2 Å². The summed E-state index contributed by atoms with van der Waals surface area (Å²) in [7, 11) is 1.43. The highest BCUT2D eigenvalue weighted by Gasteiger charge is 2.73. The van der Waals surface area contributed by atoms with E-state index in [-0.39, 0.29) is 18.6 Å². The number of carbonyl (C=O) groups is 4. The number of carbonyl (C=O) groups excluding carboxylic acids is 4. The van der Waals surface area contributed by atoms with Gasteiger partial charge in [-0.1, -0.05) is 0 Å². The highest BCUT2D eigenvalue weighted by atomic mass is 16.8. The minimum absolute atomic E-state index is 0.215. The molecule has 1 unspecified atom stereocenters. The van der Waals surface area contributed by atoms with Crippen molar-refractivity contribution in [2.24, 2.45) is 5.73 Å². The predicted octanol–water partition coefficient (Wildman–Crippen LogP) is 0.311. The number of primary amides is 1. The van der Waals surface area contributed by atoms with Crippen LogP contribution in [-0.4, -0.2) is 67.3 Å². The van der Waals surface area contributed by atoms with Gasteiger partial charge >= 0.3 is 12.1 Å². The molecule has 0 aromatic heterocycles. The third-order valence-electron chi connectivity index (χ3n) is 5.61. The molecule has 1 aromatic carbocycles. The predicted molar refractivity (Wildman–Crippen MR) is 99.7 cm³/mol. The highest BCUT2D eigenvalue weighted by Crippen LogP contribution is 2.58. The molecule has 4 rings (SSSR count). The van der Waals surface area contributed by atoms with Crippen molar-refractivity contribution in [3.63, 3.8) is 0 Å². The first kappa shape index (κ1) is 20.0. The maximum atomic E-state index is 12.2. The van der Waals surface area contributed by atoms with Crippen LogP contribution in [0.25, 0.3) is 0 Å². The van der Waals surface area contributed by atoms with E-state index in [0.29, 0.717) is 35.4 Å². The Labute approximate surface area is 171 Å². The zero-order valence-corrected chi connectivity index (χ0v) is 16.6. The molecule has 4 atom stereocenters. The lowest BCUT2D eigenvalue weighted by Crippen LogP contribution is -2.61. The molecular weight excluding hydrogens is 398 g/mol. The zero-order chi connectivity index (χ0) is 21.8. The van der Waals surface area contributed by atoms with Gasteiger partial charge in [0, 0.05) is 25.0 Å². The molecule has 11 heteroatoms. The van der Waals surface area contributed by atoms with E-state index in [4.69, 9.17) is 24.8 Å². The maximum Gasteiger partial charge on any atom is 0.404 e. The number of hydrogen-bond donors (Lipinski definition) is 1. The minimum atomic E-state index is -1.65. The van der Waals surface area contributed by atoms with Gasteiger partial charge in [0.2, 0.25) is 5.91 Å². The van der Waals surface area contributed by atoms with E-state index in [1.807, 2.05) is 0 Å². The number of methoxy groups -OCH3 is 1. The second-order valence-corrected chi connectivity index (χ2v) is 7.36. The molecule has 0 spiro atoms. The molecule has 3 aliphatic rings. The third-order valence-corrected chi connectivity index (χ3v) is 5.61. The highest BCUT2D eigenvalue weighted by molar-refractivity contribution is 5.82. The molecule has 2 saturated heterocycles. The molecule has 2 amide bonds. The molecule has 3 aliphatic heterocycles. The second kappa shape index (κ2) is 6.87. The van der Waals surface area contributed by atoms with E-state index in [2.05, 4.69) is 0 Å². The molecule has 0 aliphatic carbocycles. The number of ether oxygens (including phenoxy) is 3. The van der Waals surface area contributed by atoms with Crippen LogP contribution in [0.3, 0.4) is 0 Å². The molecule has 2 N–H and O–H groups in total. The monoisotopic (exact) mass is 419 g/mol. The fourth-order valence-corrected chi connectivity index (χ4v) is 4.58. The fourth-order valence-electron chi connectivity index (χ4n) is 4.58. The number of rotatable bonds is 5. The van der Waals surface area contributed by atoms with Crippen molar-refractivity contribution in [3.8, 4) is 5.75 Å². The Morgan fingerprint density at radius 2 is 2.07 bits per heavy atom. The van der Waals surface area contributed by atoms with Gasteiger partial charge in [0.1, 0.15) is 24.7 Å². The van der Waals surface area contributed by atoms with Crippen molar-refractivity contribution in [2.45, 2.75) is 37.6 Å². The molecule has 3 heterocycles. The molecule has 0 radical (unpaired) electrons. The average Bonchev–Trinajstić information content (AvgIpc) is 3.42. The summed E-state index contributed by atoms with van der Waals surface area (Å²) in [5.74, 6) is -3.05. The summed E-state index contributed by atoms with van der Waals surface area (Å²) >= 11 is 0. The van der Waals surface area contributed by atoms with Crippen LogP contribution in [0.15, 0.2) is 12.1 Å². The number of aldehydes is 1. The number of esters is 1. The van der Waals surface area contributed by atoms with Gasteiger partial charge in [0.15, 0.2) is 0 Å². The summed E-state index contributed by atoms with van der Waals surface area (Å²) in [6, 6.07) is 2.26. The van der Waals surface area contributed by atoms with E-state index >= 15 is 0 Å². The van der Waals surface area contributed by atoms with Gasteiger partial charge in [-0.2, -0.15) is 0 Å². The van der Waals surface area contributed by atoms with Crippen LogP contribution < -0.4 is 15.5 Å². The first-order valence-corrected chi connectivity index (χ1v) is 9.28. The Hall–Kier alpha value is -3.34. The number of nitrogens with two attached hydrogens (primary N) is 1. The van der Waals surface area contributed by atoms with Gasteiger partial charge in [-0.15, -0.1) is 0 Å². The second-order valence-electron chi connectivity index (χ2n) is 7.36. The summed E-state index contributed by atoms with van der Waals surface area (Å²) in [6.45, 7) is 2.64. The molecule has 30 heavy (non-hydrogen) atoms. The summed E-state index contributed by atoms with van der Waals surface area (Å²) in [6.07, 6.45) is -0.357. The van der Waals surface area contributed by atoms with Gasteiger partial charge in [-0.3, -0.25) is 14.4 Å². The Morgan fingerprint density at radius 1 is 1.33 bits per heavy atom. The first-order chi connectivity index (χ1) is 14.2. The smallest absolute Gasteiger partial charge is 0.404 e. The van der Waals surface area contributed by atoms with Gasteiger partial charge in [-0.05, 0) is 12.1 Å². The number of fused-ring (bicyclic) bond motifs is 6. The first-order valence-electron chi connectivity index (χ1n) is 9.28. The average molecular weight is 419 g/mol. The minimum Gasteiger partial charge on any atom is -0.496 e. The van der Waals surface area contributed by atoms with Gasteiger partial charge < -0.3 is 24.8 Å². The Morgan fingerprint density at radius 3 is 2.63 bits per heavy atom. The van der Waals surface area contributed by atoms with E-state index in [9.17, 15) is 19.2 Å². The van der Waals surface area contributed by atoms with Crippen molar-refractivity contribution in [1.29, 1.82) is 0 Å². The lowest BCUT2D eigenvalue weighted by atomic mass is 9.82. The van der Waals surface area contributed by atoms with Crippen molar-refractivity contribution in [2.75, 3.05) is 25.3 Å². The van der Waals surface area contributed by atoms with Crippen LogP contribution in [-0.2, 0) is 23.9 Å². The van der Waals surface area contributed by atoms with Crippen LogP contribution in [0.5, 0.6) is 5.75 Å². The Kier molecular flexibility index (Phi) is 4.57. The fraction of sp³-hybridized carbons (Fsp3) is 0.474. The van der Waals surface area contributed by atoms with Crippen molar-refractivity contribution >= 4 is 29.9 Å². The molecule has 160 valence electrons. The maximum absolute atomic E-state index is 12.2. The van der Waals surface area contributed by atoms with Crippen molar-refractivity contribution in [3.05, 3.63) is 23.3 Å². The van der Waals surface area contributed by atoms with Gasteiger partial charge in [0.25, 0.3) is 5.79 Å². The van der Waals surface area contributed by atoms with E-state index in [1.165, 1.54) is 32.1 Å². The number of anilines is 1. The summed E-state index contributed by atoms with van der Waals surface area (Å²) in [5, 5.41) is 1.48. The molecule has 2 fully saturated rings. The van der Waals surface area contributed by atoms with Gasteiger partial charge in [0.05, 0.1) is 31.3 Å². The van der Waals surface area contributed by atoms with Crippen LogP contribution in [0.2, 0.25) is 0 Å². The quantitative estimate of drug-likeness (QED) is 0.406. The standard InChI is InChI=1S/C19H21N3O8/c1-9(24)22-14-6-21-13-4-11(7-23)5-15(27-3)16(13)12(8-28-18(20)26)19(30-21,17(14)22)29-10(2)25/h4-5,7,12,14,17H,6,8H2,1-3H3,(H2,20,26)/t12-,14-,17-,19?,22?/m0/s1. The Bertz CT molecular complexity index is 950. The van der Waals surface area contributed by atoms with Crippen LogP contribution in [0, 0.1) is 0 Å². The number of hydroxylamine groups is 1. The molecule has 11 nitrogen and oxygen atoms in total. The molecule has 0 saturated carbocycles. The van der Waals surface area contributed by atoms with Crippen molar-refractivity contribution in [1.82, 2.24) is 4.90 Å². The Balaban J connectivity index is 1.93. The summed E-state index contributed by atoms with van der Waals surface area (Å²) < 4.78 is 16.3. The number of amides is 2. The SMILES string of the molecule is COc1cc(C=O)cc2c1[C@H](COC(N)=O)C1(OC(C)=O)ON2C[C@H]2[C@@H]1N2C(C)=O. The molecular formula is C19H21N3O8. The number of hydrogen-bond acceptors (Lipinski definition) is 9. The largest absolute Gasteiger partial charge is 0.496 e. The number of benzene rings is 1. The van der Waals surface area contributed by atoms with Gasteiger partial charge in [-0.25, -0.2) is 14.7 Å². The van der Waals surface area contributed by atoms with Crippen LogP contribution >= 0.6 is 0 Å². The molecule has 1 aromatic rings. The zero-order valence-electron chi connectivity index (χ0n) is 16.6. The van der Waals surface area contributed by atoms with E-state index in [1.54, 1.807) is 11.0 Å². The summed E-state index contributed by atoms with van der Waals surface area (Å²) in [4.78, 5) is 54.7. The van der Waals surface area contributed by atoms with E-state index in [0.717, 1.165) is 0 Å². The summed E-state index contributed by atoms with van der Waals surface area (Å²) in [5.41, 5.74) is 6.53.